The Labute approximate surface area is 181 Å². The Morgan fingerprint density at radius 2 is 2.16 bits per heavy atom. The van der Waals surface area contributed by atoms with Gasteiger partial charge >= 0.3 is 0 Å². The van der Waals surface area contributed by atoms with Crippen LogP contribution in [0.2, 0.25) is 0 Å². The van der Waals surface area contributed by atoms with E-state index >= 15 is 0 Å². The zero-order valence-electron chi connectivity index (χ0n) is 17.8. The van der Waals surface area contributed by atoms with E-state index in [1.54, 1.807) is 12.3 Å². The van der Waals surface area contributed by atoms with Crippen LogP contribution in [0.3, 0.4) is 0 Å². The summed E-state index contributed by atoms with van der Waals surface area (Å²) in [6, 6.07) is 3.28. The van der Waals surface area contributed by atoms with Crippen molar-refractivity contribution in [3.63, 3.8) is 0 Å². The Morgan fingerprint density at radius 3 is 2.94 bits per heavy atom. The molecule has 4 rings (SSSR count). The molecule has 8 nitrogen and oxygen atoms in total. The standard InChI is InChI=1S/C22H29FN6O2/c1-22(4-7-31-8-5-22)14-26-16-9-19(29-27-12-16)17-10-20(25-13-18(17)23)28-21(30)15-3-2-6-24-11-15/h9-10,12-13,15,24H,2-8,11,14H2,1H3,(H,26,29)(H,25,28,30)/t15-/m1/s1. The molecule has 4 heterocycles. The maximum Gasteiger partial charge on any atom is 0.229 e. The van der Waals surface area contributed by atoms with Gasteiger partial charge < -0.3 is 20.7 Å². The maximum atomic E-state index is 14.5. The number of hydrogen-bond donors (Lipinski definition) is 3. The van der Waals surface area contributed by atoms with Gasteiger partial charge in [-0.3, -0.25) is 4.79 Å². The summed E-state index contributed by atoms with van der Waals surface area (Å²) in [6.45, 7) is 6.12. The molecule has 0 unspecified atom stereocenters. The largest absolute Gasteiger partial charge is 0.383 e. The third kappa shape index (κ3) is 5.54. The molecule has 0 saturated carbocycles. The molecule has 0 aliphatic carbocycles. The number of amides is 1. The summed E-state index contributed by atoms with van der Waals surface area (Å²) in [5.41, 5.74) is 1.56. The lowest BCUT2D eigenvalue weighted by Gasteiger charge is -2.33. The van der Waals surface area contributed by atoms with Crippen LogP contribution in [0.5, 0.6) is 0 Å². The minimum absolute atomic E-state index is 0.108. The Kier molecular flexibility index (Phi) is 6.72. The van der Waals surface area contributed by atoms with Gasteiger partial charge in [0.2, 0.25) is 5.91 Å². The summed E-state index contributed by atoms with van der Waals surface area (Å²) in [5, 5.41) is 17.5. The van der Waals surface area contributed by atoms with Gasteiger partial charge in [-0.05, 0) is 49.8 Å². The summed E-state index contributed by atoms with van der Waals surface area (Å²) >= 11 is 0. The van der Waals surface area contributed by atoms with E-state index in [-0.39, 0.29) is 22.8 Å². The first-order valence-corrected chi connectivity index (χ1v) is 10.8. The van der Waals surface area contributed by atoms with Crippen molar-refractivity contribution in [3.05, 3.63) is 30.3 Å². The molecule has 0 bridgehead atoms. The monoisotopic (exact) mass is 428 g/mol. The number of piperidine rings is 1. The van der Waals surface area contributed by atoms with Gasteiger partial charge in [-0.1, -0.05) is 6.92 Å². The Morgan fingerprint density at radius 1 is 1.32 bits per heavy atom. The van der Waals surface area contributed by atoms with Crippen molar-refractivity contribution in [2.75, 3.05) is 43.5 Å². The smallest absolute Gasteiger partial charge is 0.229 e. The van der Waals surface area contributed by atoms with E-state index in [0.717, 1.165) is 63.9 Å². The third-order valence-corrected chi connectivity index (χ3v) is 6.12. The molecular formula is C22H29FN6O2. The minimum Gasteiger partial charge on any atom is -0.383 e. The number of hydrogen-bond acceptors (Lipinski definition) is 7. The first-order valence-electron chi connectivity index (χ1n) is 10.8. The molecule has 2 aromatic rings. The van der Waals surface area contributed by atoms with Crippen LogP contribution in [-0.4, -0.2) is 53.9 Å². The summed E-state index contributed by atoms with van der Waals surface area (Å²) in [5.74, 6) is -0.423. The fourth-order valence-electron chi connectivity index (χ4n) is 3.96. The molecule has 2 aliphatic heterocycles. The van der Waals surface area contributed by atoms with Crippen LogP contribution in [0.1, 0.15) is 32.6 Å². The van der Waals surface area contributed by atoms with Gasteiger partial charge in [-0.2, -0.15) is 10.2 Å². The number of carbonyl (C=O) groups excluding carboxylic acids is 1. The number of ether oxygens (including phenoxy) is 1. The van der Waals surface area contributed by atoms with Crippen LogP contribution in [0.15, 0.2) is 24.5 Å². The number of nitrogens with one attached hydrogen (secondary N) is 3. The highest BCUT2D eigenvalue weighted by Gasteiger charge is 2.27. The topological polar surface area (TPSA) is 101 Å². The summed E-state index contributed by atoms with van der Waals surface area (Å²) in [6.07, 6.45) is 6.51. The van der Waals surface area contributed by atoms with Crippen LogP contribution < -0.4 is 16.0 Å². The zero-order valence-corrected chi connectivity index (χ0v) is 17.8. The van der Waals surface area contributed by atoms with E-state index in [1.807, 2.05) is 0 Å². The number of pyridine rings is 1. The lowest BCUT2D eigenvalue weighted by Crippen LogP contribution is -2.37. The first-order chi connectivity index (χ1) is 15.0. The second-order valence-corrected chi connectivity index (χ2v) is 8.69. The van der Waals surface area contributed by atoms with Crippen LogP contribution >= 0.6 is 0 Å². The highest BCUT2D eigenvalue weighted by molar-refractivity contribution is 5.92. The molecule has 3 N–H and O–H groups in total. The number of carbonyl (C=O) groups is 1. The van der Waals surface area contributed by atoms with E-state index in [1.165, 1.54) is 6.07 Å². The van der Waals surface area contributed by atoms with Crippen molar-refractivity contribution in [2.24, 2.45) is 11.3 Å². The molecular weight excluding hydrogens is 399 g/mol. The molecule has 0 spiro atoms. The van der Waals surface area contributed by atoms with Gasteiger partial charge in [0.25, 0.3) is 0 Å². The van der Waals surface area contributed by atoms with Crippen molar-refractivity contribution < 1.29 is 13.9 Å². The Balaban J connectivity index is 1.46. The van der Waals surface area contributed by atoms with E-state index in [2.05, 4.69) is 38.1 Å². The van der Waals surface area contributed by atoms with E-state index in [0.29, 0.717) is 18.1 Å². The predicted octanol–water partition coefficient (Wildman–Crippen LogP) is 2.84. The van der Waals surface area contributed by atoms with Crippen LogP contribution in [0.25, 0.3) is 11.3 Å². The van der Waals surface area contributed by atoms with E-state index in [9.17, 15) is 9.18 Å². The SMILES string of the molecule is CC1(CNc2cnnc(-c3cc(NC(=O)[C@@H]4CCCNC4)ncc3F)c2)CCOCC1. The molecule has 1 atom stereocenters. The third-order valence-electron chi connectivity index (χ3n) is 6.12. The van der Waals surface area contributed by atoms with Crippen LogP contribution in [0, 0.1) is 17.2 Å². The number of aromatic nitrogens is 3. The minimum atomic E-state index is -0.514. The maximum absolute atomic E-state index is 14.5. The van der Waals surface area contributed by atoms with Gasteiger partial charge in [0, 0.05) is 31.9 Å². The molecule has 2 aromatic heterocycles. The molecule has 9 heteroatoms. The summed E-state index contributed by atoms with van der Waals surface area (Å²) < 4.78 is 20.0. The van der Waals surface area contributed by atoms with Crippen molar-refractivity contribution in [3.8, 4) is 11.3 Å². The van der Waals surface area contributed by atoms with Crippen LogP contribution in [-0.2, 0) is 9.53 Å². The van der Waals surface area contributed by atoms with Gasteiger partial charge in [0.15, 0.2) is 5.82 Å². The average molecular weight is 429 g/mol. The van der Waals surface area contributed by atoms with Crippen LogP contribution in [0.4, 0.5) is 15.9 Å². The highest BCUT2D eigenvalue weighted by Crippen LogP contribution is 2.30. The number of anilines is 2. The van der Waals surface area contributed by atoms with Gasteiger partial charge in [0.05, 0.1) is 29.7 Å². The second kappa shape index (κ2) is 9.65. The normalized spacial score (nSPS) is 20.8. The molecule has 2 saturated heterocycles. The Bertz CT molecular complexity index is 913. The molecule has 2 fully saturated rings. The molecule has 0 aromatic carbocycles. The molecule has 31 heavy (non-hydrogen) atoms. The average Bonchev–Trinajstić information content (AvgIpc) is 2.80. The summed E-state index contributed by atoms with van der Waals surface area (Å²) in [4.78, 5) is 16.5. The van der Waals surface area contributed by atoms with Crippen molar-refractivity contribution >= 4 is 17.4 Å². The van der Waals surface area contributed by atoms with E-state index in [4.69, 9.17) is 4.74 Å². The zero-order chi connectivity index (χ0) is 21.7. The lowest BCUT2D eigenvalue weighted by molar-refractivity contribution is -0.120. The highest BCUT2D eigenvalue weighted by atomic mass is 19.1. The van der Waals surface area contributed by atoms with Gasteiger partial charge in [-0.15, -0.1) is 0 Å². The molecule has 2 aliphatic rings. The predicted molar refractivity (Wildman–Crippen MR) is 116 cm³/mol. The second-order valence-electron chi connectivity index (χ2n) is 8.69. The summed E-state index contributed by atoms with van der Waals surface area (Å²) in [7, 11) is 0. The number of halogens is 1. The molecule has 1 amide bonds. The van der Waals surface area contributed by atoms with Crippen molar-refractivity contribution in [2.45, 2.75) is 32.6 Å². The van der Waals surface area contributed by atoms with Gasteiger partial charge in [0.1, 0.15) is 5.82 Å². The first kappa shape index (κ1) is 21.6. The molecule has 0 radical (unpaired) electrons. The van der Waals surface area contributed by atoms with E-state index < -0.39 is 5.82 Å². The lowest BCUT2D eigenvalue weighted by atomic mass is 9.82. The fourth-order valence-corrected chi connectivity index (χ4v) is 3.96. The van der Waals surface area contributed by atoms with Gasteiger partial charge in [-0.25, -0.2) is 9.37 Å². The van der Waals surface area contributed by atoms with Crippen molar-refractivity contribution in [1.82, 2.24) is 20.5 Å². The van der Waals surface area contributed by atoms with Crippen molar-refractivity contribution in [1.29, 1.82) is 0 Å². The number of nitrogens with zero attached hydrogens (tertiary/aromatic N) is 3. The Hall–Kier alpha value is -2.65. The number of rotatable bonds is 6. The fraction of sp³-hybridized carbons (Fsp3) is 0.545. The quantitative estimate of drug-likeness (QED) is 0.650. The molecule has 166 valence electrons.